The van der Waals surface area contributed by atoms with Crippen LogP contribution in [0.15, 0.2) is 40.3 Å². The number of alkyl carbamates (subject to hydrolysis) is 1. The van der Waals surface area contributed by atoms with E-state index in [0.717, 1.165) is 10.8 Å². The van der Waals surface area contributed by atoms with E-state index >= 15 is 0 Å². The molecule has 0 radical (unpaired) electrons. The maximum atomic E-state index is 12.1. The van der Waals surface area contributed by atoms with Gasteiger partial charge in [0.2, 0.25) is 5.89 Å². The molecule has 8 nitrogen and oxygen atoms in total. The SMILES string of the molecule is Cc1ccc(-n2ccnc2SCc2nc(C(C)(C)NC(=O)OC(C)(C)C)no2)cc1C. The van der Waals surface area contributed by atoms with E-state index in [0.29, 0.717) is 17.5 Å². The Labute approximate surface area is 186 Å². The normalized spacial score (nSPS) is 12.1. The molecule has 31 heavy (non-hydrogen) atoms. The van der Waals surface area contributed by atoms with Gasteiger partial charge in [-0.2, -0.15) is 4.98 Å². The van der Waals surface area contributed by atoms with Crippen molar-refractivity contribution in [2.45, 2.75) is 70.5 Å². The fourth-order valence-electron chi connectivity index (χ4n) is 2.78. The highest BCUT2D eigenvalue weighted by Gasteiger charge is 2.31. The quantitative estimate of drug-likeness (QED) is 0.540. The number of carbonyl (C=O) groups excluding carboxylic acids is 1. The van der Waals surface area contributed by atoms with Crippen molar-refractivity contribution in [3.05, 3.63) is 53.4 Å². The molecule has 3 aromatic rings. The molecular weight excluding hydrogens is 414 g/mol. The van der Waals surface area contributed by atoms with Crippen LogP contribution in [-0.2, 0) is 16.0 Å². The summed E-state index contributed by atoms with van der Waals surface area (Å²) >= 11 is 1.50. The van der Waals surface area contributed by atoms with Crippen molar-refractivity contribution in [3.8, 4) is 5.69 Å². The zero-order valence-electron chi connectivity index (χ0n) is 19.0. The van der Waals surface area contributed by atoms with Gasteiger partial charge in [-0.05, 0) is 71.7 Å². The number of ether oxygens (including phenoxy) is 1. The molecule has 166 valence electrons. The average Bonchev–Trinajstić information content (AvgIpc) is 3.29. The number of aromatic nitrogens is 4. The van der Waals surface area contributed by atoms with Crippen LogP contribution in [0, 0.1) is 13.8 Å². The molecule has 2 heterocycles. The van der Waals surface area contributed by atoms with Gasteiger partial charge in [0.25, 0.3) is 0 Å². The van der Waals surface area contributed by atoms with Crippen LogP contribution in [-0.4, -0.2) is 31.4 Å². The van der Waals surface area contributed by atoms with Crippen molar-refractivity contribution in [3.63, 3.8) is 0 Å². The summed E-state index contributed by atoms with van der Waals surface area (Å²) in [6.45, 7) is 13.2. The van der Waals surface area contributed by atoms with Gasteiger partial charge >= 0.3 is 6.09 Å². The maximum Gasteiger partial charge on any atom is 0.408 e. The van der Waals surface area contributed by atoms with Crippen LogP contribution in [0.4, 0.5) is 4.79 Å². The predicted molar refractivity (Wildman–Crippen MR) is 119 cm³/mol. The Morgan fingerprint density at radius 3 is 2.61 bits per heavy atom. The minimum Gasteiger partial charge on any atom is -0.444 e. The minimum atomic E-state index is -0.841. The van der Waals surface area contributed by atoms with Gasteiger partial charge in [-0.25, -0.2) is 9.78 Å². The lowest BCUT2D eigenvalue weighted by atomic mass is 10.1. The van der Waals surface area contributed by atoms with E-state index in [-0.39, 0.29) is 0 Å². The third kappa shape index (κ3) is 5.88. The number of benzene rings is 1. The zero-order valence-corrected chi connectivity index (χ0v) is 19.8. The fourth-order valence-corrected chi connectivity index (χ4v) is 3.59. The van der Waals surface area contributed by atoms with E-state index in [4.69, 9.17) is 9.26 Å². The number of thioether (sulfide) groups is 1. The lowest BCUT2D eigenvalue weighted by Gasteiger charge is -2.26. The molecule has 0 aliphatic heterocycles. The summed E-state index contributed by atoms with van der Waals surface area (Å²) < 4.78 is 12.7. The van der Waals surface area contributed by atoms with Gasteiger partial charge in [0.1, 0.15) is 11.1 Å². The van der Waals surface area contributed by atoms with Gasteiger partial charge in [0, 0.05) is 18.1 Å². The molecule has 0 aliphatic rings. The van der Waals surface area contributed by atoms with Gasteiger partial charge in [-0.1, -0.05) is 23.0 Å². The molecule has 0 spiro atoms. The third-order valence-corrected chi connectivity index (χ3v) is 5.49. The van der Waals surface area contributed by atoms with Gasteiger partial charge in [0.15, 0.2) is 11.0 Å². The fraction of sp³-hybridized carbons (Fsp3) is 0.455. The van der Waals surface area contributed by atoms with E-state index < -0.39 is 17.2 Å². The number of nitrogens with one attached hydrogen (secondary N) is 1. The Morgan fingerprint density at radius 1 is 1.19 bits per heavy atom. The van der Waals surface area contributed by atoms with Crippen LogP contribution >= 0.6 is 11.8 Å². The molecule has 0 bridgehead atoms. The van der Waals surface area contributed by atoms with Crippen LogP contribution in [0.25, 0.3) is 5.69 Å². The molecular formula is C22H29N5O3S. The Bertz CT molecular complexity index is 1070. The highest BCUT2D eigenvalue weighted by Crippen LogP contribution is 2.26. The molecule has 0 fully saturated rings. The number of aryl methyl sites for hydroxylation is 2. The predicted octanol–water partition coefficient (Wildman–Crippen LogP) is 4.92. The van der Waals surface area contributed by atoms with E-state index in [9.17, 15) is 4.79 Å². The van der Waals surface area contributed by atoms with Crippen LogP contribution < -0.4 is 5.32 Å². The van der Waals surface area contributed by atoms with Crippen LogP contribution in [0.1, 0.15) is 57.5 Å². The first-order valence-electron chi connectivity index (χ1n) is 10.0. The molecule has 0 unspecified atom stereocenters. The van der Waals surface area contributed by atoms with E-state index in [1.54, 1.807) is 20.0 Å². The van der Waals surface area contributed by atoms with Gasteiger partial charge in [-0.3, -0.25) is 4.57 Å². The lowest BCUT2D eigenvalue weighted by molar-refractivity contribution is 0.0465. The first kappa shape index (κ1) is 22.9. The Balaban J connectivity index is 1.67. The number of imidazole rings is 1. The van der Waals surface area contributed by atoms with Crippen molar-refractivity contribution in [2.75, 3.05) is 0 Å². The molecule has 0 saturated carbocycles. The van der Waals surface area contributed by atoms with Crippen LogP contribution in [0.2, 0.25) is 0 Å². The summed E-state index contributed by atoms with van der Waals surface area (Å²) in [5, 5.41) is 7.65. The summed E-state index contributed by atoms with van der Waals surface area (Å²) in [6.07, 6.45) is 3.16. The molecule has 0 saturated heterocycles. The van der Waals surface area contributed by atoms with Crippen LogP contribution in [0.3, 0.4) is 0 Å². The molecule has 0 aliphatic carbocycles. The molecule has 1 amide bonds. The van der Waals surface area contributed by atoms with E-state index in [1.807, 2.05) is 31.5 Å². The van der Waals surface area contributed by atoms with Crippen molar-refractivity contribution < 1.29 is 14.1 Å². The van der Waals surface area contributed by atoms with E-state index in [1.165, 1.54) is 22.9 Å². The topological polar surface area (TPSA) is 95.1 Å². The number of carbonyl (C=O) groups is 1. The number of amides is 1. The Morgan fingerprint density at radius 2 is 1.94 bits per heavy atom. The summed E-state index contributed by atoms with van der Waals surface area (Å²) in [6, 6.07) is 6.31. The largest absolute Gasteiger partial charge is 0.444 e. The summed E-state index contributed by atoms with van der Waals surface area (Å²) in [7, 11) is 0. The highest BCUT2D eigenvalue weighted by molar-refractivity contribution is 7.98. The molecule has 1 aromatic carbocycles. The first-order chi connectivity index (χ1) is 14.4. The second-order valence-electron chi connectivity index (χ2n) is 8.90. The summed E-state index contributed by atoms with van der Waals surface area (Å²) in [4.78, 5) is 21.0. The first-order valence-corrected chi connectivity index (χ1v) is 11.0. The summed E-state index contributed by atoms with van der Waals surface area (Å²) in [5.74, 6) is 1.29. The van der Waals surface area contributed by atoms with Crippen molar-refractivity contribution >= 4 is 17.9 Å². The molecule has 9 heteroatoms. The average molecular weight is 444 g/mol. The van der Waals surface area contributed by atoms with Gasteiger partial charge < -0.3 is 14.6 Å². The second-order valence-corrected chi connectivity index (χ2v) is 9.84. The van der Waals surface area contributed by atoms with E-state index in [2.05, 4.69) is 52.5 Å². The molecule has 1 N–H and O–H groups in total. The van der Waals surface area contributed by atoms with Crippen molar-refractivity contribution in [2.24, 2.45) is 0 Å². The molecule has 2 aromatic heterocycles. The number of nitrogens with zero attached hydrogens (tertiary/aromatic N) is 4. The Kier molecular flexibility index (Phi) is 6.45. The highest BCUT2D eigenvalue weighted by atomic mass is 32.2. The van der Waals surface area contributed by atoms with Crippen molar-refractivity contribution in [1.29, 1.82) is 0 Å². The van der Waals surface area contributed by atoms with Gasteiger partial charge in [0.05, 0.1) is 5.75 Å². The standard InChI is InChI=1S/C22H29N5O3S/c1-14-8-9-16(12-15(14)2)27-11-10-23-19(27)31-13-17-24-18(26-30-17)22(6,7)25-20(28)29-21(3,4)5/h8-12H,13H2,1-7H3,(H,25,28). The summed E-state index contributed by atoms with van der Waals surface area (Å²) in [5.41, 5.74) is 2.10. The van der Waals surface area contributed by atoms with Crippen molar-refractivity contribution in [1.82, 2.24) is 25.0 Å². The molecule has 3 rings (SSSR count). The minimum absolute atomic E-state index is 0.381. The van der Waals surface area contributed by atoms with Gasteiger partial charge in [-0.15, -0.1) is 0 Å². The molecule has 0 atom stereocenters. The Hall–Kier alpha value is -2.81. The number of rotatable bonds is 6. The van der Waals surface area contributed by atoms with Crippen LogP contribution in [0.5, 0.6) is 0 Å². The maximum absolute atomic E-state index is 12.1. The monoisotopic (exact) mass is 443 g/mol. The smallest absolute Gasteiger partial charge is 0.408 e. The number of hydrogen-bond acceptors (Lipinski definition) is 7. The zero-order chi connectivity index (χ0) is 22.8. The lowest BCUT2D eigenvalue weighted by Crippen LogP contribution is -2.44. The number of hydrogen-bond donors (Lipinski definition) is 1. The third-order valence-electron chi connectivity index (χ3n) is 4.54. The second kappa shape index (κ2) is 8.74.